The van der Waals surface area contributed by atoms with Crippen molar-refractivity contribution in [1.82, 2.24) is 4.90 Å². The van der Waals surface area contributed by atoms with Gasteiger partial charge in [-0.2, -0.15) is 0 Å². The molecule has 7 nitrogen and oxygen atoms in total. The molecule has 0 spiro atoms. The molecule has 2 aromatic carbocycles. The van der Waals surface area contributed by atoms with Crippen LogP contribution in [0.2, 0.25) is 0 Å². The third-order valence-electron chi connectivity index (χ3n) is 5.41. The summed E-state index contributed by atoms with van der Waals surface area (Å²) in [6, 6.07) is 6.26. The topological polar surface area (TPSA) is 74.3 Å². The van der Waals surface area contributed by atoms with Crippen LogP contribution in [-0.2, 0) is 6.42 Å². The first-order chi connectivity index (χ1) is 13.5. The largest absolute Gasteiger partial charge is 0.493 e. The molecular weight excluding hydrogens is 362 g/mol. The predicted octanol–water partition coefficient (Wildman–Crippen LogP) is 2.66. The standard InChI is InChI=1S/C21H21NO6/c1-25-14-6-5-12-17(20(14)28-4)21(24)22-8-7-11-9-15(26-2)16(27-3)10-13(11)18(22)19(12)23/h5-6,9-10,18H,7-8H2,1-4H3. The molecule has 7 heteroatoms. The lowest BCUT2D eigenvalue weighted by Gasteiger charge is -2.40. The molecule has 0 radical (unpaired) electrons. The first-order valence-electron chi connectivity index (χ1n) is 8.90. The molecule has 28 heavy (non-hydrogen) atoms. The Morgan fingerprint density at radius 1 is 0.893 bits per heavy atom. The van der Waals surface area contributed by atoms with Crippen LogP contribution in [0.15, 0.2) is 24.3 Å². The third-order valence-corrected chi connectivity index (χ3v) is 5.41. The molecule has 1 atom stereocenters. The zero-order chi connectivity index (χ0) is 20.0. The van der Waals surface area contributed by atoms with E-state index in [4.69, 9.17) is 18.9 Å². The highest BCUT2D eigenvalue weighted by atomic mass is 16.5. The molecule has 0 aromatic heterocycles. The smallest absolute Gasteiger partial charge is 0.259 e. The molecule has 0 saturated carbocycles. The minimum absolute atomic E-state index is 0.149. The molecule has 146 valence electrons. The van der Waals surface area contributed by atoms with Crippen LogP contribution in [0.3, 0.4) is 0 Å². The number of hydrogen-bond acceptors (Lipinski definition) is 6. The lowest BCUT2D eigenvalue weighted by Crippen LogP contribution is -2.47. The number of amides is 1. The molecule has 1 unspecified atom stereocenters. The number of Topliss-reactive ketones (excluding diaryl/α,β-unsaturated/α-hetero) is 1. The van der Waals surface area contributed by atoms with Gasteiger partial charge in [-0.1, -0.05) is 0 Å². The molecule has 2 aliphatic heterocycles. The van der Waals surface area contributed by atoms with E-state index < -0.39 is 6.04 Å². The van der Waals surface area contributed by atoms with E-state index >= 15 is 0 Å². The summed E-state index contributed by atoms with van der Waals surface area (Å²) in [4.78, 5) is 28.3. The summed E-state index contributed by atoms with van der Waals surface area (Å²) in [5, 5.41) is 0. The minimum Gasteiger partial charge on any atom is -0.493 e. The van der Waals surface area contributed by atoms with Crippen molar-refractivity contribution in [1.29, 1.82) is 0 Å². The van der Waals surface area contributed by atoms with E-state index in [1.165, 1.54) is 14.2 Å². The van der Waals surface area contributed by atoms with Crippen molar-refractivity contribution < 1.29 is 28.5 Å². The molecular formula is C21H21NO6. The zero-order valence-electron chi connectivity index (χ0n) is 16.2. The number of benzene rings is 2. The van der Waals surface area contributed by atoms with Gasteiger partial charge >= 0.3 is 0 Å². The molecule has 0 aliphatic carbocycles. The Bertz CT molecular complexity index is 983. The number of carbonyl (C=O) groups excluding carboxylic acids is 2. The van der Waals surface area contributed by atoms with Gasteiger partial charge in [0.2, 0.25) is 0 Å². The van der Waals surface area contributed by atoms with Crippen molar-refractivity contribution in [2.75, 3.05) is 35.0 Å². The van der Waals surface area contributed by atoms with Gasteiger partial charge in [-0.05, 0) is 41.8 Å². The summed E-state index contributed by atoms with van der Waals surface area (Å²) in [7, 11) is 6.08. The SMILES string of the molecule is COc1cc2c(cc1OC)C1C(=O)c3ccc(OC)c(OC)c3C(=O)N1CC2. The first-order valence-corrected chi connectivity index (χ1v) is 8.90. The molecule has 2 aliphatic rings. The van der Waals surface area contributed by atoms with Crippen LogP contribution in [-0.4, -0.2) is 51.6 Å². The average Bonchev–Trinajstić information content (AvgIpc) is 2.74. The Labute approximate surface area is 162 Å². The number of nitrogens with zero attached hydrogens (tertiary/aromatic N) is 1. The molecule has 2 aromatic rings. The monoisotopic (exact) mass is 383 g/mol. The van der Waals surface area contributed by atoms with Gasteiger partial charge < -0.3 is 23.8 Å². The quantitative estimate of drug-likeness (QED) is 0.808. The Morgan fingerprint density at radius 3 is 2.21 bits per heavy atom. The number of methoxy groups -OCH3 is 4. The molecule has 4 rings (SSSR count). The number of ether oxygens (including phenoxy) is 4. The van der Waals surface area contributed by atoms with Gasteiger partial charge in [0, 0.05) is 12.1 Å². The summed E-state index contributed by atoms with van der Waals surface area (Å²) in [5.41, 5.74) is 2.34. The van der Waals surface area contributed by atoms with Crippen LogP contribution in [0.5, 0.6) is 23.0 Å². The van der Waals surface area contributed by atoms with Gasteiger partial charge in [-0.3, -0.25) is 9.59 Å². The number of ketones is 1. The second-order valence-electron chi connectivity index (χ2n) is 6.64. The maximum atomic E-state index is 13.4. The van der Waals surface area contributed by atoms with Crippen LogP contribution in [0.1, 0.15) is 37.9 Å². The number of fused-ring (bicyclic) bond motifs is 4. The van der Waals surface area contributed by atoms with E-state index in [9.17, 15) is 9.59 Å². The normalized spacial score (nSPS) is 17.4. The van der Waals surface area contributed by atoms with Gasteiger partial charge in [-0.25, -0.2) is 0 Å². The molecule has 2 heterocycles. The van der Waals surface area contributed by atoms with E-state index in [1.807, 2.05) is 6.07 Å². The second kappa shape index (κ2) is 6.74. The van der Waals surface area contributed by atoms with Crippen molar-refractivity contribution in [3.63, 3.8) is 0 Å². The molecule has 0 bridgehead atoms. The maximum absolute atomic E-state index is 13.4. The minimum atomic E-state index is -0.693. The van der Waals surface area contributed by atoms with Crippen LogP contribution >= 0.6 is 0 Å². The van der Waals surface area contributed by atoms with Crippen LogP contribution in [0.4, 0.5) is 0 Å². The zero-order valence-corrected chi connectivity index (χ0v) is 16.2. The fourth-order valence-electron chi connectivity index (χ4n) is 4.08. The lowest BCUT2D eigenvalue weighted by molar-refractivity contribution is 0.0554. The Kier molecular flexibility index (Phi) is 4.37. The summed E-state index contributed by atoms with van der Waals surface area (Å²) >= 11 is 0. The van der Waals surface area contributed by atoms with E-state index in [2.05, 4.69) is 0 Å². The molecule has 0 N–H and O–H groups in total. The summed E-state index contributed by atoms with van der Waals surface area (Å²) in [6.45, 7) is 0.428. The van der Waals surface area contributed by atoms with Crippen LogP contribution in [0, 0.1) is 0 Å². The van der Waals surface area contributed by atoms with Crippen molar-refractivity contribution in [2.24, 2.45) is 0 Å². The van der Waals surface area contributed by atoms with Gasteiger partial charge in [0.1, 0.15) is 6.04 Å². The highest BCUT2D eigenvalue weighted by Gasteiger charge is 2.45. The van der Waals surface area contributed by atoms with Gasteiger partial charge in [0.15, 0.2) is 28.8 Å². The van der Waals surface area contributed by atoms with Crippen molar-refractivity contribution in [3.8, 4) is 23.0 Å². The highest BCUT2D eigenvalue weighted by molar-refractivity contribution is 6.17. The fourth-order valence-corrected chi connectivity index (χ4v) is 4.08. The van der Waals surface area contributed by atoms with Crippen molar-refractivity contribution in [3.05, 3.63) is 46.5 Å². The van der Waals surface area contributed by atoms with Crippen molar-refractivity contribution in [2.45, 2.75) is 12.5 Å². The van der Waals surface area contributed by atoms with E-state index in [-0.39, 0.29) is 23.0 Å². The summed E-state index contributed by atoms with van der Waals surface area (Å²) in [6.07, 6.45) is 0.618. The van der Waals surface area contributed by atoms with Gasteiger partial charge in [-0.15, -0.1) is 0 Å². The van der Waals surface area contributed by atoms with Crippen LogP contribution < -0.4 is 18.9 Å². The Balaban J connectivity index is 1.90. The predicted molar refractivity (Wildman–Crippen MR) is 101 cm³/mol. The van der Waals surface area contributed by atoms with Gasteiger partial charge in [0.05, 0.1) is 34.0 Å². The third kappa shape index (κ3) is 2.42. The second-order valence-corrected chi connectivity index (χ2v) is 6.64. The van der Waals surface area contributed by atoms with E-state index in [0.717, 1.165) is 11.1 Å². The first kappa shape index (κ1) is 18.2. The fraction of sp³-hybridized carbons (Fsp3) is 0.333. The molecule has 1 amide bonds. The molecule has 0 saturated heterocycles. The number of carbonyl (C=O) groups is 2. The molecule has 0 fully saturated rings. The lowest BCUT2D eigenvalue weighted by atomic mass is 9.82. The van der Waals surface area contributed by atoms with Gasteiger partial charge in [0.25, 0.3) is 5.91 Å². The Morgan fingerprint density at radius 2 is 1.57 bits per heavy atom. The van der Waals surface area contributed by atoms with Crippen LogP contribution in [0.25, 0.3) is 0 Å². The Hall–Kier alpha value is -3.22. The summed E-state index contributed by atoms with van der Waals surface area (Å²) < 4.78 is 21.5. The average molecular weight is 383 g/mol. The van der Waals surface area contributed by atoms with Crippen molar-refractivity contribution >= 4 is 11.7 Å². The maximum Gasteiger partial charge on any atom is 0.259 e. The van der Waals surface area contributed by atoms with E-state index in [1.54, 1.807) is 37.3 Å². The summed E-state index contributed by atoms with van der Waals surface area (Å²) in [5.74, 6) is 1.46. The number of rotatable bonds is 4. The van der Waals surface area contributed by atoms with E-state index in [0.29, 0.717) is 35.8 Å². The number of hydrogen-bond donors (Lipinski definition) is 0. The highest BCUT2D eigenvalue weighted by Crippen LogP contribution is 2.45.